The zero-order chi connectivity index (χ0) is 20.3. The zero-order valence-electron chi connectivity index (χ0n) is 19.4. The van der Waals surface area contributed by atoms with Gasteiger partial charge in [0.15, 0.2) is 0 Å². The van der Waals surface area contributed by atoms with Gasteiger partial charge < -0.3 is 24.8 Å². The SMILES string of the molecule is CCCc1c(C)c(C)c(C)[c-]1C.Cc1cc2c(-c3ccccc3)cccc2[cH-]1.[Cl-].[Cl-].[Zr+4]. The molecule has 0 saturated heterocycles. The Bertz CT molecular complexity index is 1050. The molecule has 0 nitrogen and oxygen atoms in total. The summed E-state index contributed by atoms with van der Waals surface area (Å²) < 4.78 is 0. The van der Waals surface area contributed by atoms with E-state index in [0.29, 0.717) is 0 Å². The van der Waals surface area contributed by atoms with Crippen LogP contribution in [0.1, 0.15) is 46.7 Å². The summed E-state index contributed by atoms with van der Waals surface area (Å²) in [7, 11) is 0. The van der Waals surface area contributed by atoms with E-state index in [9.17, 15) is 0 Å². The van der Waals surface area contributed by atoms with Gasteiger partial charge >= 0.3 is 26.2 Å². The number of rotatable bonds is 3. The molecule has 0 bridgehead atoms. The van der Waals surface area contributed by atoms with Crippen LogP contribution in [-0.2, 0) is 32.6 Å². The number of aryl methyl sites for hydroxylation is 1. The molecule has 0 aliphatic heterocycles. The van der Waals surface area contributed by atoms with Gasteiger partial charge in [-0.05, 0) is 5.56 Å². The van der Waals surface area contributed by atoms with Gasteiger partial charge in [-0.1, -0.05) is 96.3 Å². The van der Waals surface area contributed by atoms with E-state index in [1.807, 2.05) is 0 Å². The van der Waals surface area contributed by atoms with E-state index in [1.54, 1.807) is 5.56 Å². The molecule has 0 amide bonds. The summed E-state index contributed by atoms with van der Waals surface area (Å²) in [5.41, 5.74) is 11.6. The van der Waals surface area contributed by atoms with Gasteiger partial charge in [-0.2, -0.15) is 33.9 Å². The quantitative estimate of drug-likeness (QED) is 0.356. The van der Waals surface area contributed by atoms with Crippen LogP contribution in [0.2, 0.25) is 0 Å². The molecule has 162 valence electrons. The molecule has 31 heavy (non-hydrogen) atoms. The molecule has 0 fully saturated rings. The third kappa shape index (κ3) is 6.67. The Morgan fingerprint density at radius 1 is 0.839 bits per heavy atom. The first-order chi connectivity index (χ1) is 13.4. The average Bonchev–Trinajstić information content (AvgIpc) is 3.18. The summed E-state index contributed by atoms with van der Waals surface area (Å²) in [4.78, 5) is 0. The van der Waals surface area contributed by atoms with Crippen molar-refractivity contribution in [3.8, 4) is 11.1 Å². The second-order valence-electron chi connectivity index (χ2n) is 7.94. The molecule has 0 saturated carbocycles. The number of halogens is 2. The maximum absolute atomic E-state index is 2.26. The summed E-state index contributed by atoms with van der Waals surface area (Å²) >= 11 is 0. The smallest absolute Gasteiger partial charge is 1.00 e. The van der Waals surface area contributed by atoms with Crippen LogP contribution in [0.5, 0.6) is 0 Å². The van der Waals surface area contributed by atoms with E-state index in [4.69, 9.17) is 0 Å². The van der Waals surface area contributed by atoms with E-state index in [-0.39, 0.29) is 51.0 Å². The van der Waals surface area contributed by atoms with Crippen molar-refractivity contribution in [2.75, 3.05) is 0 Å². The summed E-state index contributed by atoms with van der Waals surface area (Å²) in [6.07, 6.45) is 2.50. The first-order valence-corrected chi connectivity index (χ1v) is 10.4. The first-order valence-electron chi connectivity index (χ1n) is 10.4. The molecule has 0 radical (unpaired) electrons. The fourth-order valence-corrected chi connectivity index (χ4v) is 4.18. The standard InChI is InChI=1S/C16H13.C12H19.2ClH.Zr/c1-12-10-14-8-5-9-15(16(14)11-12)13-6-3-2-4-7-13;1-6-7-12-10(4)8(2)9(3)11(12)5;;;/h2-11H,1H3;6-7H2,1-5H3;2*1H;/q2*-1;;;+4/p-2. The van der Waals surface area contributed by atoms with Gasteiger partial charge in [-0.15, -0.1) is 34.5 Å². The van der Waals surface area contributed by atoms with Gasteiger partial charge in [0.05, 0.1) is 0 Å². The monoisotopic (exact) mass is 528 g/mol. The second kappa shape index (κ2) is 13.4. The molecule has 0 heterocycles. The van der Waals surface area contributed by atoms with Gasteiger partial charge in [0, 0.05) is 0 Å². The van der Waals surface area contributed by atoms with Gasteiger partial charge in [0.2, 0.25) is 0 Å². The van der Waals surface area contributed by atoms with Crippen LogP contribution in [0.3, 0.4) is 0 Å². The van der Waals surface area contributed by atoms with E-state index < -0.39 is 0 Å². The minimum absolute atomic E-state index is 0. The summed E-state index contributed by atoms with van der Waals surface area (Å²) in [5.74, 6) is 0. The predicted octanol–water partition coefficient (Wildman–Crippen LogP) is 2.13. The predicted molar refractivity (Wildman–Crippen MR) is 125 cm³/mol. The summed E-state index contributed by atoms with van der Waals surface area (Å²) in [6, 6.07) is 21.6. The minimum Gasteiger partial charge on any atom is -1.00 e. The molecule has 0 aliphatic rings. The fraction of sp³-hybridized carbons (Fsp3) is 0.286. The third-order valence-electron chi connectivity index (χ3n) is 6.07. The Balaban J connectivity index is 0.000000549. The number of hydrogen-bond donors (Lipinski definition) is 0. The van der Waals surface area contributed by atoms with E-state index in [1.165, 1.54) is 62.6 Å². The summed E-state index contributed by atoms with van der Waals surface area (Å²) in [5, 5.41) is 2.69. The maximum Gasteiger partial charge on any atom is 4.00 e. The van der Waals surface area contributed by atoms with Crippen molar-refractivity contribution in [2.24, 2.45) is 0 Å². The minimum atomic E-state index is 0. The average molecular weight is 531 g/mol. The normalized spacial score (nSPS) is 9.74. The Morgan fingerprint density at radius 3 is 2.03 bits per heavy atom. The van der Waals surface area contributed by atoms with Crippen molar-refractivity contribution in [3.05, 3.63) is 94.0 Å². The molecular weight excluding hydrogens is 498 g/mol. The van der Waals surface area contributed by atoms with Crippen LogP contribution >= 0.6 is 0 Å². The maximum atomic E-state index is 2.26. The molecule has 3 heteroatoms. The Labute approximate surface area is 220 Å². The Hall–Kier alpha value is -1.14. The van der Waals surface area contributed by atoms with E-state index in [2.05, 4.69) is 102 Å². The Kier molecular flexibility index (Phi) is 12.9. The second-order valence-corrected chi connectivity index (χ2v) is 7.94. The van der Waals surface area contributed by atoms with Crippen molar-refractivity contribution in [3.63, 3.8) is 0 Å². The van der Waals surface area contributed by atoms with Crippen LogP contribution in [0.4, 0.5) is 0 Å². The van der Waals surface area contributed by atoms with Crippen LogP contribution in [-0.4, -0.2) is 0 Å². The van der Waals surface area contributed by atoms with Crippen LogP contribution in [0.25, 0.3) is 21.9 Å². The zero-order valence-corrected chi connectivity index (χ0v) is 23.4. The van der Waals surface area contributed by atoms with Crippen molar-refractivity contribution < 1.29 is 51.0 Å². The molecular formula is C28H32Cl2Zr. The fourth-order valence-electron chi connectivity index (χ4n) is 4.18. The van der Waals surface area contributed by atoms with Gasteiger partial charge in [0.1, 0.15) is 0 Å². The molecule has 0 atom stereocenters. The van der Waals surface area contributed by atoms with E-state index >= 15 is 0 Å². The van der Waals surface area contributed by atoms with E-state index in [0.717, 1.165) is 0 Å². The van der Waals surface area contributed by atoms with Crippen LogP contribution < -0.4 is 24.8 Å². The van der Waals surface area contributed by atoms with Gasteiger partial charge in [-0.3, -0.25) is 0 Å². The van der Waals surface area contributed by atoms with Crippen molar-refractivity contribution in [1.29, 1.82) is 0 Å². The van der Waals surface area contributed by atoms with Gasteiger partial charge in [-0.25, -0.2) is 0 Å². The molecule has 0 N–H and O–H groups in total. The number of benzene rings is 2. The molecule has 4 aromatic rings. The van der Waals surface area contributed by atoms with Gasteiger partial charge in [0.25, 0.3) is 0 Å². The first kappa shape index (κ1) is 29.9. The largest absolute Gasteiger partial charge is 4.00 e. The summed E-state index contributed by atoms with van der Waals surface area (Å²) in [6.45, 7) is 13.4. The van der Waals surface area contributed by atoms with Crippen LogP contribution in [0, 0.1) is 34.6 Å². The van der Waals surface area contributed by atoms with Crippen molar-refractivity contribution in [1.82, 2.24) is 0 Å². The molecule has 0 spiro atoms. The topological polar surface area (TPSA) is 0 Å². The Morgan fingerprint density at radius 2 is 1.48 bits per heavy atom. The van der Waals surface area contributed by atoms with Crippen LogP contribution in [0.15, 0.2) is 60.7 Å². The molecule has 0 unspecified atom stereocenters. The molecule has 4 rings (SSSR count). The third-order valence-corrected chi connectivity index (χ3v) is 6.07. The number of fused-ring (bicyclic) bond motifs is 1. The number of hydrogen-bond acceptors (Lipinski definition) is 0. The molecule has 0 aliphatic carbocycles. The van der Waals surface area contributed by atoms with Crippen molar-refractivity contribution >= 4 is 10.8 Å². The molecule has 0 aromatic heterocycles. The molecule has 4 aromatic carbocycles. The van der Waals surface area contributed by atoms with Crippen molar-refractivity contribution in [2.45, 2.75) is 54.4 Å².